The summed E-state index contributed by atoms with van der Waals surface area (Å²) in [7, 11) is 0. The molecule has 0 unspecified atom stereocenters. The van der Waals surface area contributed by atoms with E-state index in [0.29, 0.717) is 6.07 Å². The smallest absolute Gasteiger partial charge is 0.503 e. The van der Waals surface area contributed by atoms with Crippen LogP contribution in [0.2, 0.25) is 0 Å². The van der Waals surface area contributed by atoms with Crippen LogP contribution in [0.4, 0.5) is 17.6 Å². The third kappa shape index (κ3) is 3.20. The van der Waals surface area contributed by atoms with E-state index in [1.165, 1.54) is 0 Å². The highest BCUT2D eigenvalue weighted by Gasteiger charge is 2.34. The van der Waals surface area contributed by atoms with Crippen LogP contribution in [-0.4, -0.2) is 27.5 Å². The molecule has 0 bridgehead atoms. The van der Waals surface area contributed by atoms with E-state index in [1.807, 2.05) is 0 Å². The van der Waals surface area contributed by atoms with E-state index in [4.69, 9.17) is 10.2 Å². The van der Waals surface area contributed by atoms with Crippen molar-refractivity contribution < 1.29 is 37.3 Å². The monoisotopic (exact) mass is 255 g/mol. The van der Waals surface area contributed by atoms with Crippen LogP contribution in [0.5, 0.6) is 11.5 Å². The first-order chi connectivity index (χ1) is 7.74. The normalized spacial score (nSPS) is 11.3. The second-order valence-corrected chi connectivity index (χ2v) is 2.80. The van der Waals surface area contributed by atoms with E-state index in [9.17, 15) is 22.4 Å². The van der Waals surface area contributed by atoms with Gasteiger partial charge in [-0.25, -0.2) is 14.2 Å². The van der Waals surface area contributed by atoms with Crippen molar-refractivity contribution in [3.05, 3.63) is 17.5 Å². The fourth-order valence-corrected chi connectivity index (χ4v) is 0.985. The van der Waals surface area contributed by atoms with Crippen LogP contribution in [0.15, 0.2) is 6.07 Å². The molecule has 1 rings (SSSR count). The molecule has 1 aromatic rings. The average Bonchev–Trinajstić information content (AvgIpc) is 2.18. The van der Waals surface area contributed by atoms with Gasteiger partial charge < -0.3 is 14.9 Å². The summed E-state index contributed by atoms with van der Waals surface area (Å²) in [4.78, 5) is 13.6. The highest BCUT2D eigenvalue weighted by Crippen LogP contribution is 2.34. The van der Waals surface area contributed by atoms with Crippen LogP contribution < -0.4 is 4.74 Å². The number of pyridine rings is 1. The molecule has 0 amide bonds. The molecule has 2 N–H and O–H groups in total. The lowest BCUT2D eigenvalue weighted by atomic mass is 10.2. The quantitative estimate of drug-likeness (QED) is 0.806. The molecule has 0 atom stereocenters. The third-order valence-corrected chi connectivity index (χ3v) is 1.58. The van der Waals surface area contributed by atoms with Crippen molar-refractivity contribution in [2.45, 2.75) is 13.0 Å². The topological polar surface area (TPSA) is 79.7 Å². The van der Waals surface area contributed by atoms with Crippen LogP contribution in [0, 0.1) is 0 Å². The number of hydrogen-bond acceptors (Lipinski definition) is 4. The first-order valence-electron chi connectivity index (χ1n) is 4.02. The minimum Gasteiger partial charge on any atom is -0.503 e. The molecule has 94 valence electrons. The molecule has 0 aliphatic carbocycles. The number of hydrogen-bond donors (Lipinski definition) is 2. The summed E-state index contributed by atoms with van der Waals surface area (Å²) in [6.45, 7) is -1.30. The Labute approximate surface area is 91.3 Å². The fourth-order valence-electron chi connectivity index (χ4n) is 0.985. The molecule has 1 aromatic heterocycles. The highest BCUT2D eigenvalue weighted by molar-refractivity contribution is 5.89. The Morgan fingerprint density at radius 1 is 1.47 bits per heavy atom. The van der Waals surface area contributed by atoms with Crippen LogP contribution in [0.1, 0.15) is 16.2 Å². The zero-order valence-electron chi connectivity index (χ0n) is 7.95. The van der Waals surface area contributed by atoms with Crippen LogP contribution in [0.3, 0.4) is 0 Å². The van der Waals surface area contributed by atoms with Crippen molar-refractivity contribution >= 4 is 5.97 Å². The molecule has 0 aliphatic heterocycles. The lowest BCUT2D eigenvalue weighted by Crippen LogP contribution is -2.18. The maximum absolute atomic E-state index is 12.2. The van der Waals surface area contributed by atoms with Gasteiger partial charge in [0.15, 0.2) is 17.2 Å². The summed E-state index contributed by atoms with van der Waals surface area (Å²) in [6, 6.07) is 0.468. The Morgan fingerprint density at radius 3 is 2.47 bits per heavy atom. The van der Waals surface area contributed by atoms with Gasteiger partial charge in [-0.2, -0.15) is 0 Å². The maximum atomic E-state index is 12.2. The lowest BCUT2D eigenvalue weighted by Gasteiger charge is -2.12. The van der Waals surface area contributed by atoms with E-state index in [2.05, 4.69) is 9.72 Å². The number of alkyl halides is 4. The molecular weight excluding hydrogens is 250 g/mol. The number of ether oxygens (including phenoxy) is 1. The predicted molar refractivity (Wildman–Crippen MR) is 44.4 cm³/mol. The first-order valence-corrected chi connectivity index (χ1v) is 4.02. The van der Waals surface area contributed by atoms with Gasteiger partial charge in [0.05, 0.1) is 5.69 Å². The molecule has 9 heteroatoms. The van der Waals surface area contributed by atoms with Gasteiger partial charge in [0, 0.05) is 6.07 Å². The Morgan fingerprint density at radius 2 is 2.06 bits per heavy atom. The summed E-state index contributed by atoms with van der Waals surface area (Å²) in [5.74, 6) is -4.32. The Hall–Kier alpha value is -2.06. The molecule has 0 aliphatic rings. The van der Waals surface area contributed by atoms with Gasteiger partial charge >= 0.3 is 12.3 Å². The third-order valence-electron chi connectivity index (χ3n) is 1.58. The van der Waals surface area contributed by atoms with E-state index in [0.717, 1.165) is 0 Å². The number of carboxylic acid groups (broad SMARTS) is 1. The van der Waals surface area contributed by atoms with Crippen LogP contribution in [-0.2, 0) is 6.67 Å². The largest absolute Gasteiger partial charge is 0.573 e. The molecule has 5 nitrogen and oxygen atoms in total. The molecule has 0 saturated carbocycles. The van der Waals surface area contributed by atoms with E-state index in [1.54, 1.807) is 0 Å². The zero-order valence-corrected chi connectivity index (χ0v) is 7.95. The maximum Gasteiger partial charge on any atom is 0.573 e. The number of halogens is 4. The minimum absolute atomic E-state index is 0.468. The molecule has 0 radical (unpaired) electrons. The SMILES string of the molecule is O=C(O)c1nc(CF)cc(OC(F)(F)F)c1O. The summed E-state index contributed by atoms with van der Waals surface area (Å²) in [6.07, 6.45) is -5.14. The average molecular weight is 255 g/mol. The van der Waals surface area contributed by atoms with Gasteiger partial charge in [0.2, 0.25) is 0 Å². The van der Waals surface area contributed by atoms with Crippen molar-refractivity contribution in [3.8, 4) is 11.5 Å². The van der Waals surface area contributed by atoms with Crippen molar-refractivity contribution in [2.75, 3.05) is 0 Å². The Kier molecular flexibility index (Phi) is 3.39. The number of rotatable bonds is 3. The van der Waals surface area contributed by atoms with Gasteiger partial charge in [0.25, 0.3) is 0 Å². The molecule has 1 heterocycles. The number of nitrogens with zero attached hydrogens (tertiary/aromatic N) is 1. The Bertz CT molecular complexity index is 446. The molecule has 0 aromatic carbocycles. The highest BCUT2D eigenvalue weighted by atomic mass is 19.4. The summed E-state index contributed by atoms with van der Waals surface area (Å²) >= 11 is 0. The Balaban J connectivity index is 3.29. The molecule has 0 spiro atoms. The predicted octanol–water partition coefficient (Wildman–Crippen LogP) is 1.85. The number of aromatic nitrogens is 1. The molecule has 17 heavy (non-hydrogen) atoms. The molecule has 0 fully saturated rings. The standard InChI is InChI=1S/C8H5F4NO4/c9-2-3-1-4(17-8(10,11)12)6(14)5(13-3)7(15)16/h1,14H,2H2,(H,15,16). The van der Waals surface area contributed by atoms with Gasteiger partial charge in [0.1, 0.15) is 6.67 Å². The van der Waals surface area contributed by atoms with Gasteiger partial charge in [-0.1, -0.05) is 0 Å². The zero-order chi connectivity index (χ0) is 13.2. The minimum atomic E-state index is -5.14. The number of carboxylic acids is 1. The molecule has 0 saturated heterocycles. The summed E-state index contributed by atoms with van der Waals surface area (Å²) < 4.78 is 51.3. The number of aromatic carboxylic acids is 1. The van der Waals surface area contributed by atoms with Crippen molar-refractivity contribution in [1.82, 2.24) is 4.98 Å². The summed E-state index contributed by atoms with van der Waals surface area (Å²) in [5.41, 5.74) is -1.71. The number of carbonyl (C=O) groups is 1. The van der Waals surface area contributed by atoms with E-state index >= 15 is 0 Å². The van der Waals surface area contributed by atoms with E-state index in [-0.39, 0.29) is 0 Å². The second-order valence-electron chi connectivity index (χ2n) is 2.80. The van der Waals surface area contributed by atoms with Gasteiger partial charge in [-0.05, 0) is 0 Å². The van der Waals surface area contributed by atoms with E-state index < -0.39 is 41.9 Å². The van der Waals surface area contributed by atoms with Crippen molar-refractivity contribution in [2.24, 2.45) is 0 Å². The lowest BCUT2D eigenvalue weighted by molar-refractivity contribution is -0.275. The van der Waals surface area contributed by atoms with Crippen LogP contribution in [0.25, 0.3) is 0 Å². The van der Waals surface area contributed by atoms with Crippen LogP contribution >= 0.6 is 0 Å². The summed E-state index contributed by atoms with van der Waals surface area (Å²) in [5, 5.41) is 17.7. The fraction of sp³-hybridized carbons (Fsp3) is 0.250. The molecular formula is C8H5F4NO4. The second kappa shape index (κ2) is 4.44. The first kappa shape index (κ1) is 13.0. The van der Waals surface area contributed by atoms with Crippen molar-refractivity contribution in [1.29, 1.82) is 0 Å². The number of aromatic hydroxyl groups is 1. The van der Waals surface area contributed by atoms with Crippen molar-refractivity contribution in [3.63, 3.8) is 0 Å². The van der Waals surface area contributed by atoms with Gasteiger partial charge in [-0.15, -0.1) is 13.2 Å². The van der Waals surface area contributed by atoms with Gasteiger partial charge in [-0.3, -0.25) is 0 Å².